The Morgan fingerprint density at radius 2 is 2.00 bits per heavy atom. The van der Waals surface area contributed by atoms with Gasteiger partial charge in [-0.25, -0.2) is 19.3 Å². The molecule has 120 valence electrons. The van der Waals surface area contributed by atoms with Crippen LogP contribution in [0.4, 0.5) is 10.3 Å². The minimum Gasteiger partial charge on any atom is -0.368 e. The topological polar surface area (TPSA) is 82.0 Å². The van der Waals surface area contributed by atoms with Gasteiger partial charge in [-0.3, -0.25) is 0 Å². The van der Waals surface area contributed by atoms with Crippen molar-refractivity contribution in [2.45, 2.75) is 6.42 Å². The maximum atomic E-state index is 13.1. The molecule has 4 rings (SSSR count). The van der Waals surface area contributed by atoms with E-state index in [4.69, 9.17) is 5.73 Å². The lowest BCUT2D eigenvalue weighted by Gasteiger charge is -2.06. The van der Waals surface area contributed by atoms with Crippen molar-refractivity contribution in [3.05, 3.63) is 57.0 Å². The van der Waals surface area contributed by atoms with E-state index in [0.29, 0.717) is 28.1 Å². The van der Waals surface area contributed by atoms with Gasteiger partial charge >= 0.3 is 0 Å². The predicted molar refractivity (Wildman–Crippen MR) is 93.2 cm³/mol. The van der Waals surface area contributed by atoms with Crippen molar-refractivity contribution in [1.29, 1.82) is 0 Å². The van der Waals surface area contributed by atoms with Crippen LogP contribution in [0.5, 0.6) is 0 Å². The zero-order chi connectivity index (χ0) is 16.7. The fourth-order valence-corrected chi connectivity index (χ4v) is 3.47. The zero-order valence-electron chi connectivity index (χ0n) is 12.1. The molecule has 0 aliphatic heterocycles. The lowest BCUT2D eigenvalue weighted by atomic mass is 10.1. The summed E-state index contributed by atoms with van der Waals surface area (Å²) in [6.07, 6.45) is 0.517. The van der Waals surface area contributed by atoms with Gasteiger partial charge in [0, 0.05) is 10.9 Å². The average molecular weight is 405 g/mol. The molecule has 0 bridgehead atoms. The summed E-state index contributed by atoms with van der Waals surface area (Å²) in [5, 5.41) is 6.34. The van der Waals surface area contributed by atoms with E-state index in [9.17, 15) is 4.39 Å². The third-order valence-electron chi connectivity index (χ3n) is 3.44. The van der Waals surface area contributed by atoms with Crippen LogP contribution < -0.4 is 5.73 Å². The molecule has 4 aromatic rings. The van der Waals surface area contributed by atoms with Crippen molar-refractivity contribution in [3.8, 4) is 11.3 Å². The summed E-state index contributed by atoms with van der Waals surface area (Å²) in [4.78, 5) is 13.1. The SMILES string of the molecule is Nc1nc(-c2ccc(F)cc2)c(Br)c2nc(Cc3cscn3)nn12. The van der Waals surface area contributed by atoms with Gasteiger partial charge in [0.05, 0.1) is 27.8 Å². The number of fused-ring (bicyclic) bond motifs is 1. The number of hydrogen-bond acceptors (Lipinski definition) is 6. The van der Waals surface area contributed by atoms with E-state index >= 15 is 0 Å². The lowest BCUT2D eigenvalue weighted by Crippen LogP contribution is -2.04. The molecule has 0 aliphatic rings. The molecule has 0 saturated carbocycles. The molecule has 1 aromatic carbocycles. The molecule has 0 fully saturated rings. The van der Waals surface area contributed by atoms with Gasteiger partial charge in [-0.15, -0.1) is 16.4 Å². The number of benzene rings is 1. The van der Waals surface area contributed by atoms with Crippen molar-refractivity contribution in [2.24, 2.45) is 0 Å². The molecular weight excluding hydrogens is 395 g/mol. The van der Waals surface area contributed by atoms with Crippen LogP contribution in [0.3, 0.4) is 0 Å². The molecule has 0 spiro atoms. The average Bonchev–Trinajstić information content (AvgIpc) is 3.22. The first-order chi connectivity index (χ1) is 11.6. The van der Waals surface area contributed by atoms with E-state index in [-0.39, 0.29) is 11.8 Å². The van der Waals surface area contributed by atoms with Crippen molar-refractivity contribution < 1.29 is 4.39 Å². The van der Waals surface area contributed by atoms with Gasteiger partial charge in [-0.2, -0.15) is 4.52 Å². The summed E-state index contributed by atoms with van der Waals surface area (Å²) in [7, 11) is 0. The zero-order valence-corrected chi connectivity index (χ0v) is 14.6. The summed E-state index contributed by atoms with van der Waals surface area (Å²) in [6, 6.07) is 6.04. The number of rotatable bonds is 3. The van der Waals surface area contributed by atoms with Gasteiger partial charge in [0.2, 0.25) is 5.95 Å². The van der Waals surface area contributed by atoms with Crippen LogP contribution in [0.1, 0.15) is 11.5 Å². The summed E-state index contributed by atoms with van der Waals surface area (Å²) in [5.41, 5.74) is 10.6. The van der Waals surface area contributed by atoms with Crippen LogP contribution in [-0.4, -0.2) is 24.6 Å². The molecule has 9 heteroatoms. The Labute approximate surface area is 148 Å². The van der Waals surface area contributed by atoms with Gasteiger partial charge in [-0.1, -0.05) is 0 Å². The Hall–Kier alpha value is -2.39. The molecule has 0 aliphatic carbocycles. The Morgan fingerprint density at radius 3 is 2.71 bits per heavy atom. The largest absolute Gasteiger partial charge is 0.368 e. The van der Waals surface area contributed by atoms with Gasteiger partial charge in [-0.05, 0) is 40.2 Å². The smallest absolute Gasteiger partial charge is 0.223 e. The van der Waals surface area contributed by atoms with Crippen molar-refractivity contribution in [2.75, 3.05) is 5.73 Å². The third-order valence-corrected chi connectivity index (χ3v) is 4.80. The van der Waals surface area contributed by atoms with Gasteiger partial charge in [0.15, 0.2) is 11.5 Å². The number of thiazole rings is 1. The maximum Gasteiger partial charge on any atom is 0.223 e. The molecule has 2 N–H and O–H groups in total. The summed E-state index contributed by atoms with van der Waals surface area (Å²) >= 11 is 5.04. The van der Waals surface area contributed by atoms with Crippen LogP contribution >= 0.6 is 27.3 Å². The summed E-state index contributed by atoms with van der Waals surface area (Å²) < 4.78 is 15.3. The molecule has 0 amide bonds. The molecule has 24 heavy (non-hydrogen) atoms. The van der Waals surface area contributed by atoms with Crippen LogP contribution in [0.25, 0.3) is 16.9 Å². The number of aromatic nitrogens is 5. The summed E-state index contributed by atoms with van der Waals surface area (Å²) in [6.45, 7) is 0. The first-order valence-corrected chi connectivity index (χ1v) is 8.69. The molecule has 3 heterocycles. The highest BCUT2D eigenvalue weighted by Crippen LogP contribution is 2.30. The molecule has 3 aromatic heterocycles. The van der Waals surface area contributed by atoms with E-state index in [1.165, 1.54) is 28.0 Å². The first kappa shape index (κ1) is 15.2. The van der Waals surface area contributed by atoms with Crippen LogP contribution in [-0.2, 0) is 6.42 Å². The van der Waals surface area contributed by atoms with E-state index in [2.05, 4.69) is 36.0 Å². The normalized spacial score (nSPS) is 11.2. The van der Waals surface area contributed by atoms with E-state index in [1.54, 1.807) is 17.6 Å². The number of hydrogen-bond donors (Lipinski definition) is 1. The minimum atomic E-state index is -0.308. The lowest BCUT2D eigenvalue weighted by molar-refractivity contribution is 0.628. The Kier molecular flexibility index (Phi) is 3.73. The quantitative estimate of drug-likeness (QED) is 0.566. The minimum absolute atomic E-state index is 0.213. The molecular formula is C15H10BrFN6S. The first-order valence-electron chi connectivity index (χ1n) is 6.95. The molecule has 0 atom stereocenters. The Morgan fingerprint density at radius 1 is 1.21 bits per heavy atom. The highest BCUT2D eigenvalue weighted by atomic mass is 79.9. The second-order valence-electron chi connectivity index (χ2n) is 5.06. The highest BCUT2D eigenvalue weighted by Gasteiger charge is 2.17. The number of nitrogens with two attached hydrogens (primary N) is 1. The van der Waals surface area contributed by atoms with Crippen molar-refractivity contribution in [3.63, 3.8) is 0 Å². The second kappa shape index (κ2) is 5.91. The Balaban J connectivity index is 1.83. The number of anilines is 1. The molecule has 0 radical (unpaired) electrons. The van der Waals surface area contributed by atoms with Crippen LogP contribution in [0.15, 0.2) is 39.6 Å². The molecule has 0 unspecified atom stereocenters. The van der Waals surface area contributed by atoms with Crippen LogP contribution in [0, 0.1) is 5.82 Å². The molecule has 6 nitrogen and oxygen atoms in total. The fraction of sp³-hybridized carbons (Fsp3) is 0.0667. The second-order valence-corrected chi connectivity index (χ2v) is 6.57. The van der Waals surface area contributed by atoms with Crippen molar-refractivity contribution in [1.82, 2.24) is 24.6 Å². The number of nitrogen functional groups attached to an aromatic ring is 1. The monoisotopic (exact) mass is 404 g/mol. The van der Waals surface area contributed by atoms with Gasteiger partial charge in [0.1, 0.15) is 5.82 Å². The molecule has 0 saturated heterocycles. The number of nitrogens with zero attached hydrogens (tertiary/aromatic N) is 5. The van der Waals surface area contributed by atoms with Gasteiger partial charge < -0.3 is 5.73 Å². The summed E-state index contributed by atoms with van der Waals surface area (Å²) in [5.74, 6) is 0.507. The van der Waals surface area contributed by atoms with E-state index in [0.717, 1.165) is 11.3 Å². The number of halogens is 2. The van der Waals surface area contributed by atoms with E-state index < -0.39 is 0 Å². The standard InChI is InChI=1S/C15H10BrFN6S/c16-12-13(8-1-3-9(17)4-2-8)21-15(18)23-14(12)20-11(22-23)5-10-6-24-7-19-10/h1-4,6-7H,5H2,(H2,18,21). The van der Waals surface area contributed by atoms with Gasteiger partial charge in [0.25, 0.3) is 0 Å². The highest BCUT2D eigenvalue weighted by molar-refractivity contribution is 9.10. The third kappa shape index (κ3) is 2.65. The fourth-order valence-electron chi connectivity index (χ4n) is 2.33. The maximum absolute atomic E-state index is 13.1. The van der Waals surface area contributed by atoms with Crippen molar-refractivity contribution >= 4 is 38.9 Å². The van der Waals surface area contributed by atoms with Crippen LogP contribution in [0.2, 0.25) is 0 Å². The predicted octanol–water partition coefficient (Wildman–Crippen LogP) is 3.32. The van der Waals surface area contributed by atoms with E-state index in [1.807, 2.05) is 5.38 Å². The Bertz CT molecular complexity index is 1010.